The number of aliphatic hydroxyl groups is 2. The third-order valence-electron chi connectivity index (χ3n) is 6.23. The molecule has 0 bridgehead atoms. The van der Waals surface area contributed by atoms with Crippen molar-refractivity contribution < 1.29 is 28.9 Å². The van der Waals surface area contributed by atoms with E-state index in [-0.39, 0.29) is 36.9 Å². The Morgan fingerprint density at radius 2 is 1.68 bits per heavy atom. The summed E-state index contributed by atoms with van der Waals surface area (Å²) < 4.78 is 23.4. The summed E-state index contributed by atoms with van der Waals surface area (Å²) in [5.41, 5.74) is 4.50. The zero-order valence-electron chi connectivity index (χ0n) is 21.2. The molecule has 1 amide bonds. The molecule has 3 rings (SSSR count). The molecule has 0 aliphatic rings. The molecule has 0 unspecified atom stereocenters. The van der Waals surface area contributed by atoms with Crippen molar-refractivity contribution in [1.82, 2.24) is 7.69 Å². The summed E-state index contributed by atoms with van der Waals surface area (Å²) in [6.45, 7) is 4.37. The van der Waals surface area contributed by atoms with Crippen molar-refractivity contribution in [3.05, 3.63) is 71.7 Å². The summed E-state index contributed by atoms with van der Waals surface area (Å²) in [4.78, 5) is 24.8. The van der Waals surface area contributed by atoms with Crippen LogP contribution in [-0.4, -0.2) is 72.0 Å². The molecule has 0 saturated carbocycles. The number of esters is 1. The van der Waals surface area contributed by atoms with Crippen LogP contribution in [0.5, 0.6) is 0 Å². The van der Waals surface area contributed by atoms with Crippen molar-refractivity contribution in [3.8, 4) is 22.4 Å². The van der Waals surface area contributed by atoms with Gasteiger partial charge in [-0.25, -0.2) is 0 Å². The topological polar surface area (TPSA) is 101 Å². The minimum absolute atomic E-state index is 0.0126. The Balaban J connectivity index is 2.15. The van der Waals surface area contributed by atoms with Gasteiger partial charge in [-0.05, 0) is 0 Å². The Bertz CT molecular complexity index is 1210. The second kappa shape index (κ2) is 13.3. The predicted octanol–water partition coefficient (Wildman–Crippen LogP) is 3.96. The molecular weight excluding hydrogens is 671 g/mol. The number of halogens is 1. The summed E-state index contributed by atoms with van der Waals surface area (Å²) in [5.74, 6) is -1.12. The second-order valence-corrected chi connectivity index (χ2v) is 10.2. The van der Waals surface area contributed by atoms with E-state index in [4.69, 9.17) is 0 Å². The second-order valence-electron chi connectivity index (χ2n) is 9.23. The fourth-order valence-corrected chi connectivity index (χ4v) is 5.11. The fraction of sp³-hybridized carbons (Fsp3) is 0.357. The van der Waals surface area contributed by atoms with Crippen molar-refractivity contribution in [2.75, 3.05) is 7.11 Å². The number of hydrogen-bond acceptors (Lipinski definition) is 5. The Morgan fingerprint density at radius 3 is 2.24 bits per heavy atom. The molecule has 3 N–H and O–H groups in total. The number of nitrogens with zero attached hydrogens (tertiary/aromatic N) is 1. The van der Waals surface area contributed by atoms with Crippen molar-refractivity contribution in [1.29, 1.82) is 0 Å². The summed E-state index contributed by atoms with van der Waals surface area (Å²) in [7, 11) is 1.25. The average molecular weight is 703 g/mol. The van der Waals surface area contributed by atoms with Crippen LogP contribution in [0.3, 0.4) is 0 Å². The first-order chi connectivity index (χ1) is 17.7. The quantitative estimate of drug-likeness (QED) is 0.208. The molecule has 0 aliphatic carbocycles. The molecular formula is C28H32FN2O5Pb. The van der Waals surface area contributed by atoms with Crippen LogP contribution in [0, 0.1) is 5.82 Å². The van der Waals surface area contributed by atoms with E-state index in [1.54, 1.807) is 12.1 Å². The summed E-state index contributed by atoms with van der Waals surface area (Å²) in [6, 6.07) is 15.8. The van der Waals surface area contributed by atoms with Gasteiger partial charge in [-0.15, -0.1) is 0 Å². The molecule has 0 aliphatic heterocycles. The predicted molar refractivity (Wildman–Crippen MR) is 140 cm³/mol. The molecule has 0 spiro atoms. The van der Waals surface area contributed by atoms with Crippen molar-refractivity contribution in [2.45, 2.75) is 57.8 Å². The molecule has 37 heavy (non-hydrogen) atoms. The summed E-state index contributed by atoms with van der Waals surface area (Å²) in [5, 5.41) is 20.9. The molecule has 0 fully saturated rings. The number of hydrogen-bond donors (Lipinski definition) is 3. The fourth-order valence-electron chi connectivity index (χ4n) is 4.62. The molecule has 1 aromatic heterocycles. The van der Waals surface area contributed by atoms with Gasteiger partial charge in [0.15, 0.2) is 0 Å². The van der Waals surface area contributed by atoms with Crippen LogP contribution in [0.1, 0.15) is 55.1 Å². The maximum atomic E-state index is 13.9. The van der Waals surface area contributed by atoms with Crippen molar-refractivity contribution >= 4 is 37.9 Å². The van der Waals surface area contributed by atoms with E-state index in [0.717, 1.165) is 28.1 Å². The van der Waals surface area contributed by atoms with Crippen molar-refractivity contribution in [2.24, 2.45) is 0 Å². The van der Waals surface area contributed by atoms with Crippen LogP contribution in [0.25, 0.3) is 22.4 Å². The van der Waals surface area contributed by atoms with Crippen LogP contribution in [-0.2, 0) is 16.1 Å². The van der Waals surface area contributed by atoms with Crippen LogP contribution >= 0.6 is 0 Å². The molecule has 9 heteroatoms. The van der Waals surface area contributed by atoms with E-state index in [0.29, 0.717) is 38.2 Å². The molecule has 3 aromatic rings. The number of nitrogens with one attached hydrogen (secondary N) is 1. The molecule has 2 atom stereocenters. The van der Waals surface area contributed by atoms with E-state index in [1.807, 2.05) is 48.7 Å². The first-order valence-electron chi connectivity index (χ1n) is 12.2. The Hall–Kier alpha value is -2.57. The van der Waals surface area contributed by atoms with Gasteiger partial charge in [0.05, 0.1) is 7.11 Å². The van der Waals surface area contributed by atoms with Crippen molar-refractivity contribution in [3.63, 3.8) is 0 Å². The van der Waals surface area contributed by atoms with Gasteiger partial charge < -0.3 is 4.74 Å². The van der Waals surface area contributed by atoms with E-state index in [2.05, 4.69) is 7.86 Å². The molecule has 0 saturated heterocycles. The molecule has 1 heterocycles. The van der Waals surface area contributed by atoms with E-state index in [1.165, 1.54) is 19.2 Å². The number of aromatic nitrogens is 1. The standard InChI is InChI=1S/C28H33FN2O5.Pb/c1-17(2)26-25(28(30)35)24(18-7-5-4-6-8-18)27(19-9-11-20(29)12-10-19)31(26)14-13-21(32)15-22(33)16-23(34)36-3;/h4-12,17,21-22,32-33H,13-16H2,1-3H3,(H2,30,35);/q;+1/p-1/t21-,22-;/m1./s1. The van der Waals surface area contributed by atoms with Gasteiger partial charge in [0, 0.05) is 0 Å². The van der Waals surface area contributed by atoms with E-state index in [9.17, 15) is 24.2 Å². The van der Waals surface area contributed by atoms with E-state index < -0.39 is 18.2 Å². The Labute approximate surface area is 232 Å². The summed E-state index contributed by atoms with van der Waals surface area (Å²) in [6.07, 6.45) is -1.83. The number of amides is 1. The first kappa shape index (κ1) is 29.0. The van der Waals surface area contributed by atoms with Gasteiger partial charge in [0.25, 0.3) is 0 Å². The van der Waals surface area contributed by atoms with Crippen LogP contribution in [0.4, 0.5) is 4.39 Å². The molecule has 7 nitrogen and oxygen atoms in total. The number of carbonyl (C=O) groups is 2. The van der Waals surface area contributed by atoms with Gasteiger partial charge in [0.2, 0.25) is 0 Å². The third-order valence-corrected chi connectivity index (χ3v) is 7.11. The van der Waals surface area contributed by atoms with E-state index >= 15 is 0 Å². The Kier molecular flexibility index (Phi) is 10.4. The van der Waals surface area contributed by atoms with Gasteiger partial charge in [-0.1, -0.05) is 0 Å². The van der Waals surface area contributed by atoms with Gasteiger partial charge in [0.1, 0.15) is 0 Å². The number of carbonyl (C=O) groups excluding carboxylic acids is 2. The summed E-state index contributed by atoms with van der Waals surface area (Å²) >= 11 is 0.470. The van der Waals surface area contributed by atoms with Crippen LogP contribution in [0.15, 0.2) is 54.6 Å². The normalized spacial score (nSPS) is 12.9. The Morgan fingerprint density at radius 1 is 1.03 bits per heavy atom. The maximum absolute atomic E-state index is 13.9. The van der Waals surface area contributed by atoms with Gasteiger partial charge in [-0.2, -0.15) is 0 Å². The molecule has 3 radical (unpaired) electrons. The third kappa shape index (κ3) is 7.05. The number of rotatable bonds is 11. The van der Waals surface area contributed by atoms with Gasteiger partial charge >= 0.3 is 217 Å². The zero-order valence-corrected chi connectivity index (χ0v) is 25.1. The van der Waals surface area contributed by atoms with Crippen LogP contribution in [0.2, 0.25) is 0 Å². The number of aliphatic hydroxyl groups excluding tert-OH is 2. The monoisotopic (exact) mass is 703 g/mol. The SMILES string of the molecule is COC(=O)C[C@H](O)C[C@H](O)CCn1c(-c2ccc(F)cc2)c(-c2ccccc2)c(C(=O)[NH][Pb])c1C(C)C. The minimum atomic E-state index is -1.03. The molecule has 2 aromatic carbocycles. The zero-order chi connectivity index (χ0) is 27.1. The number of ether oxygens (including phenoxy) is 1. The number of benzene rings is 2. The number of methoxy groups -OCH3 is 1. The average Bonchev–Trinajstić information content (AvgIpc) is 3.23. The first-order valence-corrected chi connectivity index (χ1v) is 14.1. The van der Waals surface area contributed by atoms with Crippen LogP contribution < -0.4 is 3.13 Å². The van der Waals surface area contributed by atoms with Gasteiger partial charge in [-0.3, -0.25) is 4.79 Å². The molecule has 195 valence electrons.